The molecule has 0 aromatic heterocycles. The molecule has 2 atom stereocenters. The Hall–Kier alpha value is -1.27. The number of piperazine rings is 1. The summed E-state index contributed by atoms with van der Waals surface area (Å²) in [5, 5.41) is 0. The molecule has 116 valence electrons. The molecule has 0 saturated carbocycles. The topological polar surface area (TPSA) is 15.7 Å². The van der Waals surface area contributed by atoms with Crippen LogP contribution in [-0.4, -0.2) is 47.9 Å². The summed E-state index contributed by atoms with van der Waals surface area (Å²) in [6, 6.07) is 7.39. The molecule has 3 nitrogen and oxygen atoms in total. The van der Waals surface area contributed by atoms with E-state index in [1.165, 1.54) is 18.6 Å². The average molecular weight is 300 g/mol. The summed E-state index contributed by atoms with van der Waals surface area (Å²) in [5.74, 6) is -0.160. The molecule has 0 spiro atoms. The summed E-state index contributed by atoms with van der Waals surface area (Å²) in [5.41, 5.74) is 1.03. The third kappa shape index (κ3) is 3.32. The molecule has 2 bridgehead atoms. The zero-order valence-electron chi connectivity index (χ0n) is 11.9. The zero-order valence-corrected chi connectivity index (χ0v) is 11.9. The van der Waals surface area contributed by atoms with Gasteiger partial charge in [0.1, 0.15) is 5.75 Å². The standard InChI is InChI=1S/C15H19F3N2O/c1-2-19-9-12-7-13(10-19)20(12)8-11-3-5-14(6-4-11)21-15(16,17)18/h3-6,12-13H,2,7-10H2,1H3. The quantitative estimate of drug-likeness (QED) is 0.850. The summed E-state index contributed by atoms with van der Waals surface area (Å²) < 4.78 is 40.2. The van der Waals surface area contributed by atoms with Crippen LogP contribution in [-0.2, 0) is 6.54 Å². The van der Waals surface area contributed by atoms with Gasteiger partial charge in [-0.15, -0.1) is 13.2 Å². The van der Waals surface area contributed by atoms with Crippen LogP contribution in [0.4, 0.5) is 13.2 Å². The monoisotopic (exact) mass is 300 g/mol. The van der Waals surface area contributed by atoms with Crippen molar-refractivity contribution in [1.29, 1.82) is 0 Å². The van der Waals surface area contributed by atoms with E-state index in [0.717, 1.165) is 31.7 Å². The second kappa shape index (κ2) is 5.50. The van der Waals surface area contributed by atoms with Gasteiger partial charge in [0.05, 0.1) is 0 Å². The van der Waals surface area contributed by atoms with Crippen LogP contribution in [0.25, 0.3) is 0 Å². The smallest absolute Gasteiger partial charge is 0.406 e. The lowest BCUT2D eigenvalue weighted by Crippen LogP contribution is -2.67. The maximum absolute atomic E-state index is 12.1. The van der Waals surface area contributed by atoms with E-state index in [-0.39, 0.29) is 5.75 Å². The van der Waals surface area contributed by atoms with Crippen molar-refractivity contribution in [3.63, 3.8) is 0 Å². The van der Waals surface area contributed by atoms with Crippen LogP contribution < -0.4 is 4.74 Å². The molecule has 0 N–H and O–H groups in total. The van der Waals surface area contributed by atoms with Crippen molar-refractivity contribution in [3.05, 3.63) is 29.8 Å². The van der Waals surface area contributed by atoms with E-state index in [4.69, 9.17) is 0 Å². The van der Waals surface area contributed by atoms with Gasteiger partial charge in [0.15, 0.2) is 0 Å². The van der Waals surface area contributed by atoms with Gasteiger partial charge in [-0.3, -0.25) is 4.90 Å². The van der Waals surface area contributed by atoms with Gasteiger partial charge in [-0.2, -0.15) is 0 Å². The van der Waals surface area contributed by atoms with Gasteiger partial charge >= 0.3 is 6.36 Å². The average Bonchev–Trinajstić information content (AvgIpc) is 2.44. The third-order valence-electron chi connectivity index (χ3n) is 4.39. The predicted molar refractivity (Wildman–Crippen MR) is 73.0 cm³/mol. The first-order valence-corrected chi connectivity index (χ1v) is 7.27. The molecule has 2 unspecified atom stereocenters. The number of halogens is 3. The van der Waals surface area contributed by atoms with Gasteiger partial charge in [0.2, 0.25) is 0 Å². The molecule has 0 aliphatic carbocycles. The van der Waals surface area contributed by atoms with E-state index in [0.29, 0.717) is 12.1 Å². The Kier molecular flexibility index (Phi) is 3.84. The highest BCUT2D eigenvalue weighted by molar-refractivity contribution is 5.27. The molecule has 21 heavy (non-hydrogen) atoms. The number of likely N-dealkylation sites (N-methyl/N-ethyl adjacent to an activating group) is 1. The first kappa shape index (κ1) is 14.7. The SMILES string of the molecule is CCN1CC2CC(C1)N2Cc1ccc(OC(F)(F)F)cc1. The van der Waals surface area contributed by atoms with Crippen LogP contribution in [0.1, 0.15) is 18.9 Å². The van der Waals surface area contributed by atoms with E-state index < -0.39 is 6.36 Å². The minimum atomic E-state index is -4.63. The Balaban J connectivity index is 1.57. The maximum atomic E-state index is 12.1. The Morgan fingerprint density at radius 1 is 1.14 bits per heavy atom. The number of fused-ring (bicyclic) bond motifs is 2. The lowest BCUT2D eigenvalue weighted by Gasteiger charge is -2.56. The first-order chi connectivity index (χ1) is 9.94. The molecule has 3 aliphatic rings. The molecule has 1 aromatic carbocycles. The van der Waals surface area contributed by atoms with Crippen molar-refractivity contribution in [1.82, 2.24) is 9.80 Å². The minimum absolute atomic E-state index is 0.160. The number of ether oxygens (including phenoxy) is 1. The van der Waals surface area contributed by atoms with E-state index in [1.54, 1.807) is 12.1 Å². The third-order valence-corrected chi connectivity index (χ3v) is 4.39. The summed E-state index contributed by atoms with van der Waals surface area (Å²) in [4.78, 5) is 4.90. The fourth-order valence-corrected chi connectivity index (χ4v) is 3.30. The lowest BCUT2D eigenvalue weighted by atomic mass is 9.87. The summed E-state index contributed by atoms with van der Waals surface area (Å²) >= 11 is 0. The van der Waals surface area contributed by atoms with Crippen molar-refractivity contribution < 1.29 is 17.9 Å². The second-order valence-corrected chi connectivity index (χ2v) is 5.76. The molecule has 0 radical (unpaired) electrons. The van der Waals surface area contributed by atoms with Crippen molar-refractivity contribution in [2.75, 3.05) is 19.6 Å². The Bertz CT molecular complexity index is 477. The van der Waals surface area contributed by atoms with E-state index in [2.05, 4.69) is 21.5 Å². The zero-order chi connectivity index (χ0) is 15.0. The van der Waals surface area contributed by atoms with Crippen LogP contribution in [0.5, 0.6) is 5.75 Å². The molecular weight excluding hydrogens is 281 g/mol. The van der Waals surface area contributed by atoms with Crippen LogP contribution in [0.2, 0.25) is 0 Å². The van der Waals surface area contributed by atoms with Crippen LogP contribution >= 0.6 is 0 Å². The number of nitrogens with zero attached hydrogens (tertiary/aromatic N) is 2. The van der Waals surface area contributed by atoms with Crippen LogP contribution in [0.3, 0.4) is 0 Å². The second-order valence-electron chi connectivity index (χ2n) is 5.76. The highest BCUT2D eigenvalue weighted by Crippen LogP contribution is 2.33. The van der Waals surface area contributed by atoms with Gasteiger partial charge in [0, 0.05) is 31.7 Å². The molecule has 3 saturated heterocycles. The van der Waals surface area contributed by atoms with Crippen molar-refractivity contribution in [2.24, 2.45) is 0 Å². The molecular formula is C15H19F3N2O. The number of hydrogen-bond donors (Lipinski definition) is 0. The molecule has 0 amide bonds. The predicted octanol–water partition coefficient (Wildman–Crippen LogP) is 2.86. The number of rotatable bonds is 4. The Labute approximate surface area is 122 Å². The minimum Gasteiger partial charge on any atom is -0.406 e. The van der Waals surface area contributed by atoms with E-state index >= 15 is 0 Å². The van der Waals surface area contributed by atoms with Gasteiger partial charge in [0.25, 0.3) is 0 Å². The fraction of sp³-hybridized carbons (Fsp3) is 0.600. The Morgan fingerprint density at radius 2 is 1.76 bits per heavy atom. The number of piperidine rings is 1. The van der Waals surface area contributed by atoms with Gasteiger partial charge in [-0.25, -0.2) is 0 Å². The molecule has 6 heteroatoms. The summed E-state index contributed by atoms with van der Waals surface area (Å²) in [7, 11) is 0. The summed E-state index contributed by atoms with van der Waals surface area (Å²) in [6.07, 6.45) is -3.38. The molecule has 3 heterocycles. The molecule has 4 rings (SSSR count). The molecule has 3 aliphatic heterocycles. The van der Waals surface area contributed by atoms with Crippen molar-refractivity contribution in [3.8, 4) is 5.75 Å². The highest BCUT2D eigenvalue weighted by Gasteiger charge is 2.43. The highest BCUT2D eigenvalue weighted by atomic mass is 19.4. The van der Waals surface area contributed by atoms with Crippen LogP contribution in [0, 0.1) is 0 Å². The summed E-state index contributed by atoms with van der Waals surface area (Å²) in [6.45, 7) is 6.27. The normalized spacial score (nSPS) is 26.5. The number of benzene rings is 1. The Morgan fingerprint density at radius 3 is 2.29 bits per heavy atom. The van der Waals surface area contributed by atoms with Crippen LogP contribution in [0.15, 0.2) is 24.3 Å². The molecule has 3 fully saturated rings. The van der Waals surface area contributed by atoms with Crippen molar-refractivity contribution in [2.45, 2.75) is 38.3 Å². The van der Waals surface area contributed by atoms with Gasteiger partial charge < -0.3 is 9.64 Å². The van der Waals surface area contributed by atoms with E-state index in [9.17, 15) is 13.2 Å². The van der Waals surface area contributed by atoms with Gasteiger partial charge in [-0.1, -0.05) is 19.1 Å². The van der Waals surface area contributed by atoms with Gasteiger partial charge in [-0.05, 0) is 30.7 Å². The number of alkyl halides is 3. The largest absolute Gasteiger partial charge is 0.573 e. The fourth-order valence-electron chi connectivity index (χ4n) is 3.30. The van der Waals surface area contributed by atoms with E-state index in [1.807, 2.05) is 0 Å². The molecule has 1 aromatic rings. The lowest BCUT2D eigenvalue weighted by molar-refractivity contribution is -0.274. The maximum Gasteiger partial charge on any atom is 0.573 e. The van der Waals surface area contributed by atoms with Crippen molar-refractivity contribution >= 4 is 0 Å². The number of hydrogen-bond acceptors (Lipinski definition) is 3. The first-order valence-electron chi connectivity index (χ1n) is 7.27.